The maximum Gasteiger partial charge on any atom is 0.305 e. The van der Waals surface area contributed by atoms with Crippen LogP contribution in [0.4, 0.5) is 0 Å². The number of ether oxygens (including phenoxy) is 1. The summed E-state index contributed by atoms with van der Waals surface area (Å²) in [5.41, 5.74) is 0. The zero-order chi connectivity index (χ0) is 10.2. The first-order valence-electron chi connectivity index (χ1n) is 5.54. The van der Waals surface area contributed by atoms with Gasteiger partial charge in [-0.3, -0.25) is 4.79 Å². The topological polar surface area (TPSA) is 26.3 Å². The highest BCUT2D eigenvalue weighted by atomic mass is 35.5. The Hall–Kier alpha value is -0.240. The number of halogens is 1. The van der Waals surface area contributed by atoms with Crippen molar-refractivity contribution in [2.24, 2.45) is 5.92 Å². The predicted octanol–water partition coefficient (Wildman–Crippen LogP) is 3.13. The second kappa shape index (κ2) is 7.10. The van der Waals surface area contributed by atoms with E-state index in [1.807, 2.05) is 0 Å². The van der Waals surface area contributed by atoms with E-state index in [2.05, 4.69) is 0 Å². The van der Waals surface area contributed by atoms with Crippen LogP contribution in [0.25, 0.3) is 0 Å². The van der Waals surface area contributed by atoms with Gasteiger partial charge in [-0.05, 0) is 25.2 Å². The van der Waals surface area contributed by atoms with E-state index in [9.17, 15) is 4.79 Å². The summed E-state index contributed by atoms with van der Waals surface area (Å²) in [5, 5.41) is 0. The molecule has 3 heteroatoms. The van der Waals surface area contributed by atoms with Gasteiger partial charge in [0.25, 0.3) is 0 Å². The van der Waals surface area contributed by atoms with Gasteiger partial charge in [0.2, 0.25) is 0 Å². The first-order valence-corrected chi connectivity index (χ1v) is 6.08. The largest absolute Gasteiger partial charge is 0.465 e. The molecule has 0 aliphatic heterocycles. The van der Waals surface area contributed by atoms with Gasteiger partial charge < -0.3 is 4.74 Å². The zero-order valence-electron chi connectivity index (χ0n) is 8.64. The Bertz CT molecular complexity index is 165. The lowest BCUT2D eigenvalue weighted by Crippen LogP contribution is -2.16. The summed E-state index contributed by atoms with van der Waals surface area (Å²) < 4.78 is 5.19. The lowest BCUT2D eigenvalue weighted by atomic mass is 9.90. The molecule has 1 fully saturated rings. The summed E-state index contributed by atoms with van der Waals surface area (Å²) in [5.74, 6) is 1.07. The summed E-state index contributed by atoms with van der Waals surface area (Å²) in [7, 11) is 0. The van der Waals surface area contributed by atoms with Gasteiger partial charge in [0.15, 0.2) is 0 Å². The number of rotatable bonds is 5. The van der Waals surface area contributed by atoms with Gasteiger partial charge in [0, 0.05) is 12.3 Å². The zero-order valence-corrected chi connectivity index (χ0v) is 9.39. The Balaban J connectivity index is 2.03. The summed E-state index contributed by atoms with van der Waals surface area (Å²) in [4.78, 5) is 11.2. The van der Waals surface area contributed by atoms with Crippen molar-refractivity contribution < 1.29 is 9.53 Å². The number of alkyl halides is 1. The maximum absolute atomic E-state index is 11.2. The van der Waals surface area contributed by atoms with E-state index in [4.69, 9.17) is 16.3 Å². The lowest BCUT2D eigenvalue weighted by molar-refractivity contribution is -0.145. The minimum Gasteiger partial charge on any atom is -0.465 e. The van der Waals surface area contributed by atoms with Crippen LogP contribution in [0.15, 0.2) is 0 Å². The van der Waals surface area contributed by atoms with Crippen molar-refractivity contribution in [2.75, 3.05) is 12.5 Å². The first-order chi connectivity index (χ1) is 6.83. The first kappa shape index (κ1) is 11.8. The molecule has 0 bridgehead atoms. The van der Waals surface area contributed by atoms with Crippen molar-refractivity contribution in [1.82, 2.24) is 0 Å². The molecule has 82 valence electrons. The number of carbonyl (C=O) groups excluding carboxylic acids is 1. The van der Waals surface area contributed by atoms with E-state index in [1.54, 1.807) is 0 Å². The van der Waals surface area contributed by atoms with Crippen LogP contribution in [0, 0.1) is 5.92 Å². The van der Waals surface area contributed by atoms with E-state index in [1.165, 1.54) is 32.1 Å². The van der Waals surface area contributed by atoms with Crippen molar-refractivity contribution in [3.05, 3.63) is 0 Å². The molecule has 0 aromatic rings. The molecule has 0 aromatic heterocycles. The van der Waals surface area contributed by atoms with Crippen LogP contribution in [0.2, 0.25) is 0 Å². The molecule has 1 aliphatic carbocycles. The fourth-order valence-corrected chi connectivity index (χ4v) is 1.98. The molecule has 0 radical (unpaired) electrons. The monoisotopic (exact) mass is 218 g/mol. The van der Waals surface area contributed by atoms with Gasteiger partial charge >= 0.3 is 5.97 Å². The fourth-order valence-electron chi connectivity index (χ4n) is 1.85. The lowest BCUT2D eigenvalue weighted by Gasteiger charge is -2.20. The summed E-state index contributed by atoms with van der Waals surface area (Å²) in [6, 6.07) is 0. The average molecular weight is 219 g/mol. The number of carbonyl (C=O) groups is 1. The molecule has 0 N–H and O–H groups in total. The van der Waals surface area contributed by atoms with Crippen LogP contribution >= 0.6 is 11.6 Å². The molecular formula is C11H19ClO2. The van der Waals surface area contributed by atoms with E-state index >= 15 is 0 Å². The number of hydrogen-bond acceptors (Lipinski definition) is 2. The van der Waals surface area contributed by atoms with E-state index < -0.39 is 0 Å². The second-order valence-electron chi connectivity index (χ2n) is 3.98. The molecule has 2 nitrogen and oxygen atoms in total. The molecular weight excluding hydrogens is 200 g/mol. The van der Waals surface area contributed by atoms with Gasteiger partial charge in [0.05, 0.1) is 6.61 Å². The molecule has 14 heavy (non-hydrogen) atoms. The van der Waals surface area contributed by atoms with Crippen LogP contribution in [-0.2, 0) is 9.53 Å². The van der Waals surface area contributed by atoms with Crippen molar-refractivity contribution in [3.63, 3.8) is 0 Å². The van der Waals surface area contributed by atoms with Crippen molar-refractivity contribution in [2.45, 2.75) is 44.9 Å². The van der Waals surface area contributed by atoms with Crippen LogP contribution in [0.3, 0.4) is 0 Å². The van der Waals surface area contributed by atoms with Crippen LogP contribution in [-0.4, -0.2) is 18.5 Å². The van der Waals surface area contributed by atoms with Crippen LogP contribution in [0.5, 0.6) is 0 Å². The summed E-state index contributed by atoms with van der Waals surface area (Å²) >= 11 is 5.49. The highest BCUT2D eigenvalue weighted by molar-refractivity contribution is 6.17. The van der Waals surface area contributed by atoms with Gasteiger partial charge in [-0.1, -0.05) is 19.3 Å². The number of hydrogen-bond donors (Lipinski definition) is 0. The SMILES string of the molecule is O=C(CCCCl)OCC1CCCCC1. The van der Waals surface area contributed by atoms with Crippen molar-refractivity contribution in [1.29, 1.82) is 0 Å². The standard InChI is InChI=1S/C11H19ClO2/c12-8-4-7-11(13)14-9-10-5-2-1-3-6-10/h10H,1-9H2. The van der Waals surface area contributed by atoms with E-state index in [-0.39, 0.29) is 5.97 Å². The molecule has 1 aliphatic rings. The van der Waals surface area contributed by atoms with Gasteiger partial charge in [-0.25, -0.2) is 0 Å². The smallest absolute Gasteiger partial charge is 0.305 e. The Labute approximate surface area is 91.0 Å². The third kappa shape index (κ3) is 4.85. The van der Waals surface area contributed by atoms with Gasteiger partial charge in [-0.15, -0.1) is 11.6 Å². The van der Waals surface area contributed by atoms with Crippen LogP contribution in [0.1, 0.15) is 44.9 Å². The molecule has 0 amide bonds. The quantitative estimate of drug-likeness (QED) is 0.524. The molecule has 1 rings (SSSR count). The Morgan fingerprint density at radius 3 is 2.64 bits per heavy atom. The Morgan fingerprint density at radius 2 is 2.00 bits per heavy atom. The van der Waals surface area contributed by atoms with Crippen molar-refractivity contribution in [3.8, 4) is 0 Å². The Kier molecular flexibility index (Phi) is 6.00. The predicted molar refractivity (Wildman–Crippen MR) is 57.5 cm³/mol. The van der Waals surface area contributed by atoms with Gasteiger partial charge in [-0.2, -0.15) is 0 Å². The normalized spacial score (nSPS) is 18.1. The average Bonchev–Trinajstić information content (AvgIpc) is 2.25. The van der Waals surface area contributed by atoms with E-state index in [0.29, 0.717) is 24.8 Å². The van der Waals surface area contributed by atoms with Gasteiger partial charge in [0.1, 0.15) is 0 Å². The fraction of sp³-hybridized carbons (Fsp3) is 0.909. The minimum atomic E-state index is -0.0868. The molecule has 0 heterocycles. The molecule has 0 aromatic carbocycles. The summed E-state index contributed by atoms with van der Waals surface area (Å²) in [6.07, 6.45) is 7.58. The number of esters is 1. The second-order valence-corrected chi connectivity index (χ2v) is 4.36. The summed E-state index contributed by atoms with van der Waals surface area (Å²) in [6.45, 7) is 0.626. The Morgan fingerprint density at radius 1 is 1.29 bits per heavy atom. The molecule has 1 saturated carbocycles. The highest BCUT2D eigenvalue weighted by Crippen LogP contribution is 2.23. The van der Waals surface area contributed by atoms with Crippen LogP contribution < -0.4 is 0 Å². The highest BCUT2D eigenvalue weighted by Gasteiger charge is 2.15. The third-order valence-electron chi connectivity index (χ3n) is 2.72. The third-order valence-corrected chi connectivity index (χ3v) is 2.99. The maximum atomic E-state index is 11.2. The molecule has 0 saturated heterocycles. The van der Waals surface area contributed by atoms with Crippen molar-refractivity contribution >= 4 is 17.6 Å². The minimum absolute atomic E-state index is 0.0868. The molecule has 0 spiro atoms. The van der Waals surface area contributed by atoms with E-state index in [0.717, 1.165) is 6.42 Å². The molecule has 0 atom stereocenters. The molecule has 0 unspecified atom stereocenters.